The van der Waals surface area contributed by atoms with E-state index in [4.69, 9.17) is 19.4 Å². The molecule has 3 heterocycles. The van der Waals surface area contributed by atoms with Crippen LogP contribution in [0.1, 0.15) is 63.9 Å². The number of nitrogens with one attached hydrogen (secondary N) is 3. The maximum absolute atomic E-state index is 14.2. The molecule has 7 rings (SSSR count). The summed E-state index contributed by atoms with van der Waals surface area (Å²) in [4.78, 5) is 52.6. The van der Waals surface area contributed by atoms with Gasteiger partial charge >= 0.3 is 6.03 Å². The quantitative estimate of drug-likeness (QED) is 0.304. The second kappa shape index (κ2) is 13.4. The van der Waals surface area contributed by atoms with Gasteiger partial charge in [0.1, 0.15) is 23.4 Å². The Morgan fingerprint density at radius 3 is 2.59 bits per heavy atom. The van der Waals surface area contributed by atoms with E-state index in [9.17, 15) is 22.8 Å². The van der Waals surface area contributed by atoms with Gasteiger partial charge in [-0.25, -0.2) is 18.2 Å². The number of aryl methyl sites for hydroxylation is 1. The SMILES string of the molecule is COc1ccc2c(O[C@@H]3C[C@H]4C(=O)N[C@]5(C(=O)NS(=O)(=O)C6(C)CC6)C[C@H]5C=CCCCCCNC(=O)N4C3)nc(-c3ccccc3)nc2c1C. The van der Waals surface area contributed by atoms with E-state index in [1.165, 1.54) is 4.90 Å². The van der Waals surface area contributed by atoms with E-state index in [-0.39, 0.29) is 25.3 Å². The Morgan fingerprint density at radius 2 is 1.84 bits per heavy atom. The summed E-state index contributed by atoms with van der Waals surface area (Å²) in [7, 11) is -2.34. The zero-order valence-corrected chi connectivity index (χ0v) is 29.9. The number of carbonyl (C=O) groups is 3. The molecule has 2 aliphatic carbocycles. The molecular formula is C37H44N6O7S. The summed E-state index contributed by atoms with van der Waals surface area (Å²) in [6.45, 7) is 4.05. The largest absolute Gasteiger partial charge is 0.496 e. The van der Waals surface area contributed by atoms with Crippen LogP contribution in [0, 0.1) is 12.8 Å². The van der Waals surface area contributed by atoms with Crippen LogP contribution in [0.5, 0.6) is 11.6 Å². The molecule has 0 unspecified atom stereocenters. The molecule has 0 radical (unpaired) electrons. The van der Waals surface area contributed by atoms with Crippen molar-refractivity contribution in [2.75, 3.05) is 20.2 Å². The molecule has 270 valence electrons. The van der Waals surface area contributed by atoms with Gasteiger partial charge in [-0.1, -0.05) is 48.9 Å². The number of allylic oxidation sites excluding steroid dienone is 1. The second-order valence-electron chi connectivity index (χ2n) is 14.3. The number of sulfonamides is 1. The average molecular weight is 717 g/mol. The number of urea groups is 1. The van der Waals surface area contributed by atoms with Gasteiger partial charge in [-0.05, 0) is 64.5 Å². The third kappa shape index (κ3) is 6.73. The molecule has 4 aliphatic rings. The van der Waals surface area contributed by atoms with Gasteiger partial charge in [-0.2, -0.15) is 4.98 Å². The van der Waals surface area contributed by atoms with E-state index < -0.39 is 50.3 Å². The van der Waals surface area contributed by atoms with Crippen molar-refractivity contribution in [2.45, 2.75) is 87.6 Å². The first-order valence-corrected chi connectivity index (χ1v) is 19.1. The Hall–Kier alpha value is -4.72. The lowest BCUT2D eigenvalue weighted by Gasteiger charge is -2.27. The van der Waals surface area contributed by atoms with Crippen LogP contribution in [-0.4, -0.2) is 83.8 Å². The van der Waals surface area contributed by atoms with Crippen molar-refractivity contribution >= 4 is 38.8 Å². The maximum Gasteiger partial charge on any atom is 0.318 e. The molecule has 3 N–H and O–H groups in total. The topological polar surface area (TPSA) is 169 Å². The minimum Gasteiger partial charge on any atom is -0.496 e. The number of aromatic nitrogens is 2. The third-order valence-electron chi connectivity index (χ3n) is 10.7. The minimum atomic E-state index is -3.94. The summed E-state index contributed by atoms with van der Waals surface area (Å²) in [5.41, 5.74) is 0.805. The monoisotopic (exact) mass is 716 g/mol. The van der Waals surface area contributed by atoms with Crippen LogP contribution >= 0.6 is 0 Å². The van der Waals surface area contributed by atoms with Crippen molar-refractivity contribution in [1.29, 1.82) is 0 Å². The molecular weight excluding hydrogens is 673 g/mol. The lowest BCUT2D eigenvalue weighted by atomic mass is 10.1. The Balaban J connectivity index is 1.19. The highest BCUT2D eigenvalue weighted by Crippen LogP contribution is 2.47. The van der Waals surface area contributed by atoms with Gasteiger partial charge in [-0.3, -0.25) is 14.3 Å². The van der Waals surface area contributed by atoms with Gasteiger partial charge in [0.05, 0.1) is 29.3 Å². The molecule has 0 spiro atoms. The van der Waals surface area contributed by atoms with Crippen LogP contribution < -0.4 is 24.8 Å². The lowest BCUT2D eigenvalue weighted by Crippen LogP contribution is -2.57. The van der Waals surface area contributed by atoms with Crippen LogP contribution in [0.2, 0.25) is 0 Å². The van der Waals surface area contributed by atoms with Gasteiger partial charge in [0.2, 0.25) is 21.8 Å². The molecule has 4 atom stereocenters. The van der Waals surface area contributed by atoms with Gasteiger partial charge in [-0.15, -0.1) is 0 Å². The van der Waals surface area contributed by atoms with Crippen LogP contribution in [0.3, 0.4) is 0 Å². The van der Waals surface area contributed by atoms with E-state index in [0.29, 0.717) is 47.7 Å². The number of fused-ring (bicyclic) bond motifs is 3. The number of methoxy groups -OCH3 is 1. The summed E-state index contributed by atoms with van der Waals surface area (Å²) in [5.74, 6) is -0.263. The predicted molar refractivity (Wildman–Crippen MR) is 190 cm³/mol. The molecule has 0 bridgehead atoms. The van der Waals surface area contributed by atoms with Gasteiger partial charge in [0.15, 0.2) is 5.82 Å². The minimum absolute atomic E-state index is 0.0838. The van der Waals surface area contributed by atoms with Crippen molar-refractivity contribution in [2.24, 2.45) is 5.92 Å². The lowest BCUT2D eigenvalue weighted by molar-refractivity contribution is -0.131. The first-order chi connectivity index (χ1) is 24.4. The molecule has 14 heteroatoms. The molecule has 1 aromatic heterocycles. The highest BCUT2D eigenvalue weighted by atomic mass is 32.2. The normalized spacial score (nSPS) is 26.1. The van der Waals surface area contributed by atoms with Crippen LogP contribution in [0.4, 0.5) is 4.79 Å². The summed E-state index contributed by atoms with van der Waals surface area (Å²) in [5, 5.41) is 6.51. The molecule has 51 heavy (non-hydrogen) atoms. The first-order valence-electron chi connectivity index (χ1n) is 17.6. The van der Waals surface area contributed by atoms with Gasteiger partial charge in [0, 0.05) is 30.0 Å². The fourth-order valence-electron chi connectivity index (χ4n) is 7.01. The molecule has 2 aromatic carbocycles. The summed E-state index contributed by atoms with van der Waals surface area (Å²) in [6, 6.07) is 11.8. The molecule has 2 aliphatic heterocycles. The van der Waals surface area contributed by atoms with E-state index in [1.54, 1.807) is 14.0 Å². The fraction of sp³-hybridized carbons (Fsp3) is 0.486. The van der Waals surface area contributed by atoms with E-state index in [0.717, 1.165) is 36.8 Å². The Morgan fingerprint density at radius 1 is 1.06 bits per heavy atom. The number of hydrogen-bond donors (Lipinski definition) is 3. The molecule has 2 saturated carbocycles. The third-order valence-corrected chi connectivity index (χ3v) is 12.8. The van der Waals surface area contributed by atoms with Gasteiger partial charge < -0.3 is 25.0 Å². The number of carbonyl (C=O) groups excluding carboxylic acids is 3. The number of rotatable bonds is 7. The van der Waals surface area contributed by atoms with E-state index >= 15 is 0 Å². The number of hydrogen-bond acceptors (Lipinski definition) is 9. The summed E-state index contributed by atoms with van der Waals surface area (Å²) in [6.07, 6.45) is 7.88. The molecule has 3 aromatic rings. The Labute approximate surface area is 297 Å². The zero-order valence-electron chi connectivity index (χ0n) is 29.1. The highest BCUT2D eigenvalue weighted by molar-refractivity contribution is 7.91. The summed E-state index contributed by atoms with van der Waals surface area (Å²) >= 11 is 0. The predicted octanol–water partition coefficient (Wildman–Crippen LogP) is 4.15. The molecule has 4 amide bonds. The van der Waals surface area contributed by atoms with Crippen molar-refractivity contribution in [3.63, 3.8) is 0 Å². The Kier molecular flexibility index (Phi) is 9.15. The van der Waals surface area contributed by atoms with Gasteiger partial charge in [0.25, 0.3) is 5.91 Å². The number of amides is 4. The van der Waals surface area contributed by atoms with E-state index in [1.807, 2.05) is 61.5 Å². The maximum atomic E-state index is 14.2. The Bertz CT molecular complexity index is 2000. The van der Waals surface area contributed by atoms with Crippen molar-refractivity contribution < 1.29 is 32.3 Å². The van der Waals surface area contributed by atoms with Crippen LogP contribution in [-0.2, 0) is 19.6 Å². The van der Waals surface area contributed by atoms with Crippen molar-refractivity contribution in [1.82, 2.24) is 30.2 Å². The number of nitrogens with zero attached hydrogens (tertiary/aromatic N) is 3. The van der Waals surface area contributed by atoms with Crippen LogP contribution in [0.25, 0.3) is 22.3 Å². The van der Waals surface area contributed by atoms with Crippen molar-refractivity contribution in [3.05, 3.63) is 60.2 Å². The average Bonchev–Trinajstić information content (AvgIpc) is 4.00. The molecule has 1 saturated heterocycles. The van der Waals surface area contributed by atoms with E-state index in [2.05, 4.69) is 15.4 Å². The molecule has 13 nitrogen and oxygen atoms in total. The second-order valence-corrected chi connectivity index (χ2v) is 16.5. The standard InChI is InChI=1S/C37H44N6O7S/c1-23-29(49-3)16-15-27-30(23)39-31(24-12-8-7-9-13-24)40-33(27)50-26-20-28-32(44)41-37(34(45)42-51(47,48)36(2)17-18-36)21-25(37)14-10-5-4-6-11-19-38-35(46)43(28)22-26/h7-10,12-16,25-26,28H,4-6,11,17-22H2,1-3H3,(H,38,46)(H,41,44)(H,42,45)/t25-,26-,28+,37-/m1/s1. The van der Waals surface area contributed by atoms with Crippen molar-refractivity contribution in [3.8, 4) is 23.0 Å². The number of benzene rings is 2. The number of ether oxygens (including phenoxy) is 2. The zero-order chi connectivity index (χ0) is 36.0. The van der Waals surface area contributed by atoms with Crippen LogP contribution in [0.15, 0.2) is 54.6 Å². The first kappa shape index (κ1) is 34.7. The smallest absolute Gasteiger partial charge is 0.318 e. The molecule has 3 fully saturated rings. The fourth-order valence-corrected chi connectivity index (χ4v) is 8.33. The highest BCUT2D eigenvalue weighted by Gasteiger charge is 2.63. The summed E-state index contributed by atoms with van der Waals surface area (Å²) < 4.78 is 39.5.